The summed E-state index contributed by atoms with van der Waals surface area (Å²) in [4.78, 5) is 34.7. The van der Waals surface area contributed by atoms with E-state index in [1.807, 2.05) is 36.4 Å². The number of ether oxygens (including phenoxy) is 1. The Morgan fingerprint density at radius 1 is 1.12 bits per heavy atom. The topological polar surface area (TPSA) is 87.3 Å². The van der Waals surface area contributed by atoms with E-state index in [2.05, 4.69) is 26.3 Å². The summed E-state index contributed by atoms with van der Waals surface area (Å²) >= 11 is 0. The number of amides is 1. The number of piperidine rings is 1. The normalized spacial score (nSPS) is 15.3. The average Bonchev–Trinajstić information content (AvgIpc) is 2.85. The summed E-state index contributed by atoms with van der Waals surface area (Å²) in [6.45, 7) is 2.60. The van der Waals surface area contributed by atoms with Crippen LogP contribution in [0.15, 0.2) is 53.3 Å². The second kappa shape index (κ2) is 11.1. The molecule has 0 bridgehead atoms. The maximum absolute atomic E-state index is 12.6. The molecule has 1 saturated heterocycles. The third-order valence-electron chi connectivity index (χ3n) is 6.30. The van der Waals surface area contributed by atoms with Crippen LogP contribution in [0.25, 0.3) is 10.9 Å². The molecule has 1 amide bonds. The first-order chi connectivity index (χ1) is 16.2. The minimum Gasteiger partial charge on any atom is -0.496 e. The fourth-order valence-corrected chi connectivity index (χ4v) is 4.58. The van der Waals surface area contributed by atoms with Crippen LogP contribution in [0.3, 0.4) is 0 Å². The molecule has 0 aliphatic carbocycles. The molecule has 1 aliphatic rings. The average molecular weight is 449 g/mol. The van der Waals surface area contributed by atoms with Crippen LogP contribution in [0.2, 0.25) is 0 Å². The Morgan fingerprint density at radius 2 is 1.88 bits per heavy atom. The van der Waals surface area contributed by atoms with Crippen molar-refractivity contribution in [2.24, 2.45) is 0 Å². The molecule has 3 aromatic rings. The van der Waals surface area contributed by atoms with Gasteiger partial charge in [-0.25, -0.2) is 4.98 Å². The largest absolute Gasteiger partial charge is 0.496 e. The van der Waals surface area contributed by atoms with E-state index in [0.717, 1.165) is 24.4 Å². The van der Waals surface area contributed by atoms with Gasteiger partial charge >= 0.3 is 0 Å². The summed E-state index contributed by atoms with van der Waals surface area (Å²) < 4.78 is 5.60. The van der Waals surface area contributed by atoms with Gasteiger partial charge in [0.1, 0.15) is 11.6 Å². The van der Waals surface area contributed by atoms with Gasteiger partial charge in [0.25, 0.3) is 5.56 Å². The fourth-order valence-electron chi connectivity index (χ4n) is 4.58. The maximum atomic E-state index is 12.6. The molecule has 0 radical (unpaired) electrons. The molecule has 174 valence electrons. The highest BCUT2D eigenvalue weighted by molar-refractivity contribution is 5.77. The van der Waals surface area contributed by atoms with Gasteiger partial charge in [-0.1, -0.05) is 36.8 Å². The van der Waals surface area contributed by atoms with Crippen LogP contribution in [0, 0.1) is 0 Å². The first-order valence-corrected chi connectivity index (χ1v) is 11.8. The minimum atomic E-state index is -0.138. The number of H-pyrrole nitrogens is 1. The lowest BCUT2D eigenvalue weighted by atomic mass is 10.0. The second-order valence-corrected chi connectivity index (χ2v) is 8.54. The second-order valence-electron chi connectivity index (χ2n) is 8.54. The number of rotatable bonds is 9. The predicted molar refractivity (Wildman–Crippen MR) is 129 cm³/mol. The number of hydrogen-bond acceptors (Lipinski definition) is 5. The van der Waals surface area contributed by atoms with Crippen LogP contribution in [0.4, 0.5) is 0 Å². The molecule has 0 saturated carbocycles. The monoisotopic (exact) mass is 448 g/mol. The molecule has 2 aromatic carbocycles. The number of carbonyl (C=O) groups excluding carboxylic acids is 1. The number of para-hydroxylation sites is 2. The molecule has 1 aliphatic heterocycles. The molecule has 1 aromatic heterocycles. The number of hydrogen-bond donors (Lipinski definition) is 2. The van der Waals surface area contributed by atoms with E-state index in [-0.39, 0.29) is 17.5 Å². The van der Waals surface area contributed by atoms with E-state index >= 15 is 0 Å². The van der Waals surface area contributed by atoms with Crippen LogP contribution in [0.1, 0.15) is 49.5 Å². The Morgan fingerprint density at radius 3 is 2.70 bits per heavy atom. The Bertz CT molecular complexity index is 1140. The predicted octanol–water partition coefficient (Wildman–Crippen LogP) is 3.60. The van der Waals surface area contributed by atoms with Crippen molar-refractivity contribution in [2.75, 3.05) is 26.7 Å². The third-order valence-corrected chi connectivity index (χ3v) is 6.30. The molecule has 33 heavy (non-hydrogen) atoms. The van der Waals surface area contributed by atoms with Crippen LogP contribution in [-0.4, -0.2) is 47.5 Å². The maximum Gasteiger partial charge on any atom is 0.258 e. The molecule has 0 unspecified atom stereocenters. The molecule has 1 fully saturated rings. The first-order valence-electron chi connectivity index (χ1n) is 11.8. The van der Waals surface area contributed by atoms with Gasteiger partial charge in [0.2, 0.25) is 5.91 Å². The van der Waals surface area contributed by atoms with Crippen LogP contribution < -0.4 is 15.6 Å². The summed E-state index contributed by atoms with van der Waals surface area (Å²) in [6, 6.07) is 15.4. The van der Waals surface area contributed by atoms with E-state index in [1.54, 1.807) is 13.2 Å². The summed E-state index contributed by atoms with van der Waals surface area (Å²) in [6.07, 6.45) is 5.17. The molecule has 2 N–H and O–H groups in total. The van der Waals surface area contributed by atoms with Crippen molar-refractivity contribution in [3.05, 3.63) is 70.3 Å². The Kier molecular flexibility index (Phi) is 7.73. The molecular formula is C26H32N4O3. The zero-order chi connectivity index (χ0) is 23.0. The fraction of sp³-hybridized carbons (Fsp3) is 0.423. The minimum absolute atomic E-state index is 0.00930. The van der Waals surface area contributed by atoms with Crippen molar-refractivity contribution < 1.29 is 9.53 Å². The van der Waals surface area contributed by atoms with Gasteiger partial charge in [-0.3, -0.25) is 14.5 Å². The van der Waals surface area contributed by atoms with Gasteiger partial charge in [-0.05, 0) is 50.6 Å². The van der Waals surface area contributed by atoms with Gasteiger partial charge < -0.3 is 15.0 Å². The molecule has 1 atom stereocenters. The first kappa shape index (κ1) is 23.0. The number of benzene rings is 2. The van der Waals surface area contributed by atoms with Gasteiger partial charge in [-0.15, -0.1) is 0 Å². The van der Waals surface area contributed by atoms with E-state index < -0.39 is 0 Å². The van der Waals surface area contributed by atoms with Crippen molar-refractivity contribution in [3.63, 3.8) is 0 Å². The summed E-state index contributed by atoms with van der Waals surface area (Å²) in [5.74, 6) is 1.48. The lowest BCUT2D eigenvalue weighted by Gasteiger charge is -2.35. The summed E-state index contributed by atoms with van der Waals surface area (Å²) in [5, 5.41) is 3.71. The number of nitrogens with one attached hydrogen (secondary N) is 2. The van der Waals surface area contributed by atoms with Crippen molar-refractivity contribution in [1.29, 1.82) is 0 Å². The van der Waals surface area contributed by atoms with Crippen molar-refractivity contribution in [3.8, 4) is 5.75 Å². The molecule has 2 heterocycles. The molecule has 4 rings (SSSR count). The van der Waals surface area contributed by atoms with Crippen LogP contribution in [-0.2, 0) is 11.2 Å². The molecule has 0 spiro atoms. The molecule has 7 heteroatoms. The number of carbonyl (C=O) groups is 1. The van der Waals surface area contributed by atoms with Crippen molar-refractivity contribution >= 4 is 16.8 Å². The quantitative estimate of drug-likeness (QED) is 0.522. The number of methoxy groups -OCH3 is 1. The van der Waals surface area contributed by atoms with Gasteiger partial charge in [0.05, 0.1) is 24.1 Å². The van der Waals surface area contributed by atoms with E-state index in [0.29, 0.717) is 42.5 Å². The number of aromatic amines is 1. The standard InChI is InChI=1S/C26H32N4O3/c1-33-23-13-6-4-11-20(23)22(30-16-7-2-8-17-30)18-27-25(31)15-9-14-24-28-21-12-5-3-10-19(21)26(32)29-24/h3-6,10-13,22H,2,7-9,14-18H2,1H3,(H,27,31)(H,28,29,32)/t22-/m1/s1. The van der Waals surface area contributed by atoms with Gasteiger partial charge in [0, 0.05) is 24.9 Å². The zero-order valence-corrected chi connectivity index (χ0v) is 19.2. The summed E-state index contributed by atoms with van der Waals surface area (Å²) in [7, 11) is 1.69. The van der Waals surface area contributed by atoms with E-state index in [9.17, 15) is 9.59 Å². The highest BCUT2D eigenvalue weighted by atomic mass is 16.5. The number of aromatic nitrogens is 2. The van der Waals surface area contributed by atoms with E-state index in [1.165, 1.54) is 19.3 Å². The molecular weight excluding hydrogens is 416 g/mol. The summed E-state index contributed by atoms with van der Waals surface area (Å²) in [5.41, 5.74) is 1.66. The van der Waals surface area contributed by atoms with Gasteiger partial charge in [0.15, 0.2) is 0 Å². The number of nitrogens with zero attached hydrogens (tertiary/aromatic N) is 2. The number of aryl methyl sites for hydroxylation is 1. The van der Waals surface area contributed by atoms with Crippen LogP contribution in [0.5, 0.6) is 5.75 Å². The molecule has 7 nitrogen and oxygen atoms in total. The lowest BCUT2D eigenvalue weighted by molar-refractivity contribution is -0.121. The third kappa shape index (κ3) is 5.79. The Labute approximate surface area is 194 Å². The SMILES string of the molecule is COc1ccccc1[C@@H](CNC(=O)CCCc1nc2ccccc2c(=O)[nH]1)N1CCCCC1. The number of likely N-dealkylation sites (tertiary alicyclic amines) is 1. The lowest BCUT2D eigenvalue weighted by Crippen LogP contribution is -2.40. The highest BCUT2D eigenvalue weighted by Gasteiger charge is 2.25. The smallest absolute Gasteiger partial charge is 0.258 e. The van der Waals surface area contributed by atoms with Crippen molar-refractivity contribution in [2.45, 2.75) is 44.6 Å². The van der Waals surface area contributed by atoms with Gasteiger partial charge in [-0.2, -0.15) is 0 Å². The highest BCUT2D eigenvalue weighted by Crippen LogP contribution is 2.30. The van der Waals surface area contributed by atoms with Crippen LogP contribution >= 0.6 is 0 Å². The Balaban J connectivity index is 1.35. The van der Waals surface area contributed by atoms with E-state index in [4.69, 9.17) is 4.74 Å². The number of fused-ring (bicyclic) bond motifs is 1. The van der Waals surface area contributed by atoms with Crippen molar-refractivity contribution in [1.82, 2.24) is 20.2 Å². The zero-order valence-electron chi connectivity index (χ0n) is 19.2. The Hall–Kier alpha value is -3.19.